The van der Waals surface area contributed by atoms with E-state index < -0.39 is 29.4 Å². The monoisotopic (exact) mass is 419 g/mol. The van der Waals surface area contributed by atoms with E-state index in [1.165, 1.54) is 4.68 Å². The first-order chi connectivity index (χ1) is 13.5. The molecule has 0 aromatic carbocycles. The molecule has 0 saturated carbocycles. The zero-order valence-corrected chi connectivity index (χ0v) is 17.0. The van der Waals surface area contributed by atoms with E-state index in [-0.39, 0.29) is 18.9 Å². The molecule has 2 aliphatic rings. The second-order valence-electron chi connectivity index (χ2n) is 8.87. The molecule has 164 valence electrons. The van der Waals surface area contributed by atoms with Gasteiger partial charge in [0.25, 0.3) is 0 Å². The lowest BCUT2D eigenvalue weighted by Gasteiger charge is -2.36. The van der Waals surface area contributed by atoms with Crippen LogP contribution in [0.4, 0.5) is 13.2 Å². The molecule has 2 aliphatic heterocycles. The van der Waals surface area contributed by atoms with E-state index in [0.29, 0.717) is 44.6 Å². The van der Waals surface area contributed by atoms with Crippen molar-refractivity contribution in [3.8, 4) is 0 Å². The van der Waals surface area contributed by atoms with Gasteiger partial charge in [0.2, 0.25) is 0 Å². The zero-order chi connectivity index (χ0) is 21.3. The minimum atomic E-state index is -4.34. The molecule has 3 rings (SSSR count). The van der Waals surface area contributed by atoms with Crippen LogP contribution < -0.4 is 0 Å². The number of carbonyl (C=O) groups excluding carboxylic acids is 1. The van der Waals surface area contributed by atoms with Crippen LogP contribution in [0, 0.1) is 5.41 Å². The summed E-state index contributed by atoms with van der Waals surface area (Å²) in [4.78, 5) is 12.9. The standard InChI is InChI=1S/C19H28F3N3O4/c1-17(2,3)29-16(26)18(6-8-27-9-7-18)10-13-11-25(24-23-13)12-14-4-5-15(28-14)19(20,21)22/h11,14-15H,4-10,12H2,1-3H3. The zero-order valence-electron chi connectivity index (χ0n) is 17.0. The highest BCUT2D eigenvalue weighted by Crippen LogP contribution is 2.37. The molecule has 7 nitrogen and oxygen atoms in total. The SMILES string of the molecule is CC(C)(C)OC(=O)C1(Cc2cn(CC3CCC(C(F)(F)F)O3)nn2)CCOCC1. The summed E-state index contributed by atoms with van der Waals surface area (Å²) in [5.41, 5.74) is -0.741. The molecule has 0 radical (unpaired) electrons. The van der Waals surface area contributed by atoms with E-state index in [9.17, 15) is 18.0 Å². The van der Waals surface area contributed by atoms with Crippen LogP contribution in [0.1, 0.15) is 52.1 Å². The number of nitrogens with zero attached hydrogens (tertiary/aromatic N) is 3. The van der Waals surface area contributed by atoms with Gasteiger partial charge in [0, 0.05) is 25.8 Å². The van der Waals surface area contributed by atoms with Gasteiger partial charge < -0.3 is 14.2 Å². The van der Waals surface area contributed by atoms with Crippen molar-refractivity contribution in [1.29, 1.82) is 0 Å². The Morgan fingerprint density at radius 3 is 2.55 bits per heavy atom. The normalized spacial score (nSPS) is 25.2. The van der Waals surface area contributed by atoms with Gasteiger partial charge in [-0.15, -0.1) is 5.10 Å². The quantitative estimate of drug-likeness (QED) is 0.683. The molecule has 0 N–H and O–H groups in total. The molecule has 2 fully saturated rings. The highest BCUT2D eigenvalue weighted by atomic mass is 19.4. The molecule has 2 unspecified atom stereocenters. The Kier molecular flexibility index (Phi) is 6.24. The van der Waals surface area contributed by atoms with Gasteiger partial charge in [-0.25, -0.2) is 4.68 Å². The van der Waals surface area contributed by atoms with Gasteiger partial charge in [0.1, 0.15) is 5.60 Å². The van der Waals surface area contributed by atoms with Crippen molar-refractivity contribution < 1.29 is 32.2 Å². The fourth-order valence-electron chi connectivity index (χ4n) is 3.75. The van der Waals surface area contributed by atoms with E-state index in [1.54, 1.807) is 6.20 Å². The molecule has 3 heterocycles. The summed E-state index contributed by atoms with van der Waals surface area (Å²) in [5, 5.41) is 8.15. The van der Waals surface area contributed by atoms with Gasteiger partial charge in [-0.3, -0.25) is 4.79 Å². The number of hydrogen-bond donors (Lipinski definition) is 0. The molecule has 1 aromatic heterocycles. The smallest absolute Gasteiger partial charge is 0.414 e. The average Bonchev–Trinajstić information content (AvgIpc) is 3.24. The summed E-state index contributed by atoms with van der Waals surface area (Å²) < 4.78 is 55.9. The number of aromatic nitrogens is 3. The minimum absolute atomic E-state index is 0.0442. The van der Waals surface area contributed by atoms with E-state index in [2.05, 4.69) is 10.3 Å². The van der Waals surface area contributed by atoms with Gasteiger partial charge in [-0.1, -0.05) is 5.21 Å². The van der Waals surface area contributed by atoms with Crippen LogP contribution in [0.3, 0.4) is 0 Å². The maximum atomic E-state index is 12.9. The first-order valence-corrected chi connectivity index (χ1v) is 9.89. The van der Waals surface area contributed by atoms with Crippen molar-refractivity contribution in [3.63, 3.8) is 0 Å². The van der Waals surface area contributed by atoms with Crippen molar-refractivity contribution in [2.24, 2.45) is 5.41 Å². The van der Waals surface area contributed by atoms with Crippen LogP contribution >= 0.6 is 0 Å². The summed E-state index contributed by atoms with van der Waals surface area (Å²) >= 11 is 0. The fraction of sp³-hybridized carbons (Fsp3) is 0.842. The third-order valence-electron chi connectivity index (χ3n) is 5.25. The van der Waals surface area contributed by atoms with Gasteiger partial charge >= 0.3 is 12.1 Å². The number of hydrogen-bond acceptors (Lipinski definition) is 6. The van der Waals surface area contributed by atoms with E-state index in [1.807, 2.05) is 20.8 Å². The van der Waals surface area contributed by atoms with Crippen molar-refractivity contribution in [3.05, 3.63) is 11.9 Å². The third kappa shape index (κ3) is 5.69. The summed E-state index contributed by atoms with van der Waals surface area (Å²) in [6.45, 7) is 6.59. The number of alkyl halides is 3. The first-order valence-electron chi connectivity index (χ1n) is 9.89. The Balaban J connectivity index is 1.65. The lowest BCUT2D eigenvalue weighted by molar-refractivity contribution is -0.215. The highest BCUT2D eigenvalue weighted by Gasteiger charge is 2.46. The van der Waals surface area contributed by atoms with E-state index in [4.69, 9.17) is 14.2 Å². The van der Waals surface area contributed by atoms with Crippen molar-refractivity contribution in [1.82, 2.24) is 15.0 Å². The van der Waals surface area contributed by atoms with Crippen LogP contribution in [0.5, 0.6) is 0 Å². The molecule has 0 spiro atoms. The predicted octanol–water partition coefficient (Wildman–Crippen LogP) is 3.07. The lowest BCUT2D eigenvalue weighted by Crippen LogP contribution is -2.43. The number of rotatable bonds is 5. The number of esters is 1. The van der Waals surface area contributed by atoms with Crippen LogP contribution in [0.2, 0.25) is 0 Å². The van der Waals surface area contributed by atoms with Crippen LogP contribution in [-0.2, 0) is 32.0 Å². The Labute approximate surface area is 167 Å². The largest absolute Gasteiger partial charge is 0.460 e. The predicted molar refractivity (Wildman–Crippen MR) is 96.0 cm³/mol. The number of halogens is 3. The van der Waals surface area contributed by atoms with E-state index >= 15 is 0 Å². The molecule has 2 saturated heterocycles. The van der Waals surface area contributed by atoms with Gasteiger partial charge in [0.05, 0.1) is 23.8 Å². The van der Waals surface area contributed by atoms with Crippen LogP contribution in [0.15, 0.2) is 6.20 Å². The van der Waals surface area contributed by atoms with Crippen molar-refractivity contribution >= 4 is 5.97 Å². The summed E-state index contributed by atoms with van der Waals surface area (Å²) in [5.74, 6) is -0.282. The third-order valence-corrected chi connectivity index (χ3v) is 5.25. The molecule has 10 heteroatoms. The van der Waals surface area contributed by atoms with Crippen LogP contribution in [0.25, 0.3) is 0 Å². The molecule has 0 bridgehead atoms. The topological polar surface area (TPSA) is 75.5 Å². The Bertz CT molecular complexity index is 708. The molecule has 0 aliphatic carbocycles. The molecule has 2 atom stereocenters. The van der Waals surface area contributed by atoms with Crippen LogP contribution in [-0.4, -0.2) is 58.2 Å². The van der Waals surface area contributed by atoms with E-state index in [0.717, 1.165) is 0 Å². The molecular weight excluding hydrogens is 391 g/mol. The van der Waals surface area contributed by atoms with Gasteiger partial charge in [0.15, 0.2) is 6.10 Å². The average molecular weight is 419 g/mol. The summed E-state index contributed by atoms with van der Waals surface area (Å²) in [7, 11) is 0. The maximum Gasteiger partial charge on any atom is 0.414 e. The lowest BCUT2D eigenvalue weighted by atomic mass is 9.76. The maximum absolute atomic E-state index is 12.9. The first kappa shape index (κ1) is 22.0. The second-order valence-corrected chi connectivity index (χ2v) is 8.87. The van der Waals surface area contributed by atoms with Crippen molar-refractivity contribution in [2.75, 3.05) is 13.2 Å². The molecule has 0 amide bonds. The minimum Gasteiger partial charge on any atom is -0.460 e. The van der Waals surface area contributed by atoms with Gasteiger partial charge in [-0.2, -0.15) is 13.2 Å². The summed E-state index contributed by atoms with van der Waals surface area (Å²) in [6, 6.07) is 0. The Hall–Kier alpha value is -1.68. The molecular formula is C19H28F3N3O4. The number of ether oxygens (including phenoxy) is 3. The fourth-order valence-corrected chi connectivity index (χ4v) is 3.75. The Morgan fingerprint density at radius 1 is 1.28 bits per heavy atom. The molecule has 1 aromatic rings. The highest BCUT2D eigenvalue weighted by molar-refractivity contribution is 5.77. The van der Waals surface area contributed by atoms with Gasteiger partial charge in [-0.05, 0) is 46.5 Å². The summed E-state index contributed by atoms with van der Waals surface area (Å²) in [6.07, 6.45) is -3.27. The second kappa shape index (κ2) is 8.22. The van der Waals surface area contributed by atoms with Crippen molar-refractivity contribution in [2.45, 2.75) is 83.4 Å². The number of carbonyl (C=O) groups is 1. The Morgan fingerprint density at radius 2 is 1.97 bits per heavy atom. The molecule has 29 heavy (non-hydrogen) atoms.